The van der Waals surface area contributed by atoms with Gasteiger partial charge in [0.25, 0.3) is 0 Å². The summed E-state index contributed by atoms with van der Waals surface area (Å²) >= 11 is 0. The summed E-state index contributed by atoms with van der Waals surface area (Å²) in [6, 6.07) is 13.9. The van der Waals surface area contributed by atoms with Gasteiger partial charge in [-0.2, -0.15) is 0 Å². The zero-order valence-electron chi connectivity index (χ0n) is 14.2. The van der Waals surface area contributed by atoms with Crippen LogP contribution in [0.25, 0.3) is 0 Å². The van der Waals surface area contributed by atoms with Gasteiger partial charge in [0.15, 0.2) is 5.96 Å². The molecule has 2 rings (SSSR count). The Morgan fingerprint density at radius 1 is 1.12 bits per heavy atom. The van der Waals surface area contributed by atoms with Crippen LogP contribution in [-0.4, -0.2) is 25.5 Å². The topological polar surface area (TPSA) is 65.5 Å². The van der Waals surface area contributed by atoms with Crippen molar-refractivity contribution in [1.82, 2.24) is 10.6 Å². The van der Waals surface area contributed by atoms with Gasteiger partial charge in [-0.25, -0.2) is 4.39 Å². The Bertz CT molecular complexity index is 737. The molecule has 0 saturated carbocycles. The van der Waals surface area contributed by atoms with E-state index in [1.807, 2.05) is 25.1 Å². The second-order valence-corrected chi connectivity index (χ2v) is 5.33. The minimum atomic E-state index is -0.392. The van der Waals surface area contributed by atoms with Crippen LogP contribution >= 0.6 is 24.0 Å². The Morgan fingerprint density at radius 2 is 1.88 bits per heavy atom. The van der Waals surface area contributed by atoms with Gasteiger partial charge in [-0.3, -0.25) is 9.79 Å². The smallest absolute Gasteiger partial charge is 0.243 e. The van der Waals surface area contributed by atoms with Crippen molar-refractivity contribution < 1.29 is 9.18 Å². The van der Waals surface area contributed by atoms with E-state index >= 15 is 0 Å². The number of amides is 1. The number of nitrogens with zero attached hydrogens (tertiary/aromatic N) is 1. The van der Waals surface area contributed by atoms with Gasteiger partial charge in [0.05, 0.1) is 6.54 Å². The van der Waals surface area contributed by atoms with E-state index in [2.05, 4.69) is 27.0 Å². The first-order valence-electron chi connectivity index (χ1n) is 7.62. The molecule has 0 heterocycles. The molecule has 25 heavy (non-hydrogen) atoms. The van der Waals surface area contributed by atoms with Crippen molar-refractivity contribution in [3.63, 3.8) is 0 Å². The molecule has 5 nitrogen and oxygen atoms in total. The molecule has 0 atom stereocenters. The minimum Gasteiger partial charge on any atom is -0.352 e. The van der Waals surface area contributed by atoms with Gasteiger partial charge in [0.2, 0.25) is 5.91 Å². The molecular formula is C18H22FIN4O. The average Bonchev–Trinajstić information content (AvgIpc) is 2.55. The van der Waals surface area contributed by atoms with Gasteiger partial charge < -0.3 is 16.0 Å². The number of rotatable bonds is 5. The predicted octanol–water partition coefficient (Wildman–Crippen LogP) is 3.06. The molecule has 134 valence electrons. The van der Waals surface area contributed by atoms with Crippen molar-refractivity contribution >= 4 is 41.5 Å². The summed E-state index contributed by atoms with van der Waals surface area (Å²) in [5.41, 5.74) is 2.73. The minimum absolute atomic E-state index is 0. The lowest BCUT2D eigenvalue weighted by molar-refractivity contribution is -0.115. The van der Waals surface area contributed by atoms with Gasteiger partial charge in [-0.05, 0) is 30.7 Å². The number of hydrogen-bond donors (Lipinski definition) is 3. The fourth-order valence-electron chi connectivity index (χ4n) is 2.16. The van der Waals surface area contributed by atoms with Gasteiger partial charge in [0, 0.05) is 19.3 Å². The lowest BCUT2D eigenvalue weighted by atomic mass is 10.1. The van der Waals surface area contributed by atoms with E-state index in [1.165, 1.54) is 17.7 Å². The summed E-state index contributed by atoms with van der Waals surface area (Å²) < 4.78 is 13.1. The van der Waals surface area contributed by atoms with Gasteiger partial charge in [-0.1, -0.05) is 35.9 Å². The number of halogens is 2. The maximum absolute atomic E-state index is 13.1. The fourth-order valence-corrected chi connectivity index (χ4v) is 2.16. The normalized spacial score (nSPS) is 10.6. The second-order valence-electron chi connectivity index (χ2n) is 5.33. The summed E-state index contributed by atoms with van der Waals surface area (Å²) in [4.78, 5) is 16.0. The zero-order chi connectivity index (χ0) is 17.4. The summed E-state index contributed by atoms with van der Waals surface area (Å²) in [7, 11) is 1.63. The fraction of sp³-hybridized carbons (Fsp3) is 0.222. The number of aliphatic imine (C=N–C) groups is 1. The van der Waals surface area contributed by atoms with E-state index in [0.29, 0.717) is 18.2 Å². The number of anilines is 1. The predicted molar refractivity (Wildman–Crippen MR) is 110 cm³/mol. The summed E-state index contributed by atoms with van der Waals surface area (Å²) in [6.45, 7) is 2.67. The molecule has 2 aromatic carbocycles. The molecule has 0 aliphatic carbocycles. The molecule has 0 aromatic heterocycles. The standard InChI is InChI=1S/C18H21FN4O.HI/c1-13-5-3-6-14(9-13)11-21-18(20-2)22-12-17(24)23-16-8-4-7-15(19)10-16;/h3-10H,11-12H2,1-2H3,(H,23,24)(H2,20,21,22);1H. The molecule has 1 amide bonds. The van der Waals surface area contributed by atoms with Crippen LogP contribution in [0.3, 0.4) is 0 Å². The van der Waals surface area contributed by atoms with E-state index in [4.69, 9.17) is 0 Å². The molecule has 0 saturated heterocycles. The van der Waals surface area contributed by atoms with Crippen LogP contribution in [0.1, 0.15) is 11.1 Å². The van der Waals surface area contributed by atoms with Crippen LogP contribution in [-0.2, 0) is 11.3 Å². The van der Waals surface area contributed by atoms with E-state index in [0.717, 1.165) is 5.56 Å². The van der Waals surface area contributed by atoms with Crippen LogP contribution in [0.15, 0.2) is 53.5 Å². The lowest BCUT2D eigenvalue weighted by Gasteiger charge is -2.12. The highest BCUT2D eigenvalue weighted by molar-refractivity contribution is 14.0. The molecule has 0 fully saturated rings. The SMILES string of the molecule is CN=C(NCC(=O)Nc1cccc(F)c1)NCc1cccc(C)c1.I. The van der Waals surface area contributed by atoms with E-state index in [1.54, 1.807) is 19.2 Å². The van der Waals surface area contributed by atoms with Crippen molar-refractivity contribution in [1.29, 1.82) is 0 Å². The number of nitrogens with one attached hydrogen (secondary N) is 3. The van der Waals surface area contributed by atoms with Crippen LogP contribution in [0.2, 0.25) is 0 Å². The average molecular weight is 456 g/mol. The first kappa shape index (κ1) is 20.9. The number of aryl methyl sites for hydroxylation is 1. The van der Waals surface area contributed by atoms with E-state index in [9.17, 15) is 9.18 Å². The third-order valence-electron chi connectivity index (χ3n) is 3.29. The first-order valence-corrected chi connectivity index (χ1v) is 7.62. The summed E-state index contributed by atoms with van der Waals surface area (Å²) in [5, 5.41) is 8.68. The molecule has 0 bridgehead atoms. The Hall–Kier alpha value is -2.16. The molecule has 3 N–H and O–H groups in total. The quantitative estimate of drug-likeness (QED) is 0.368. The second kappa shape index (κ2) is 10.7. The van der Waals surface area contributed by atoms with Gasteiger partial charge >= 0.3 is 0 Å². The Balaban J connectivity index is 0.00000312. The van der Waals surface area contributed by atoms with Crippen LogP contribution in [0, 0.1) is 12.7 Å². The van der Waals surface area contributed by atoms with Gasteiger partial charge in [0.1, 0.15) is 5.82 Å². The molecule has 0 spiro atoms. The number of hydrogen-bond acceptors (Lipinski definition) is 2. The molecule has 0 aliphatic rings. The highest BCUT2D eigenvalue weighted by Gasteiger charge is 2.05. The monoisotopic (exact) mass is 456 g/mol. The number of benzene rings is 2. The largest absolute Gasteiger partial charge is 0.352 e. The van der Waals surface area contributed by atoms with Crippen molar-refractivity contribution in [3.8, 4) is 0 Å². The molecule has 2 aromatic rings. The number of guanidine groups is 1. The molecule has 0 aliphatic heterocycles. The van der Waals surface area contributed by atoms with Gasteiger partial charge in [-0.15, -0.1) is 24.0 Å². The molecule has 0 radical (unpaired) electrons. The van der Waals surface area contributed by atoms with Crippen LogP contribution in [0.4, 0.5) is 10.1 Å². The maximum Gasteiger partial charge on any atom is 0.243 e. The number of carbonyl (C=O) groups is 1. The Morgan fingerprint density at radius 3 is 2.56 bits per heavy atom. The number of carbonyl (C=O) groups excluding carboxylic acids is 1. The summed E-state index contributed by atoms with van der Waals surface area (Å²) in [5.74, 6) is -0.151. The molecule has 7 heteroatoms. The van der Waals surface area contributed by atoms with Crippen LogP contribution < -0.4 is 16.0 Å². The Labute approximate surface area is 164 Å². The zero-order valence-corrected chi connectivity index (χ0v) is 16.5. The van der Waals surface area contributed by atoms with Crippen molar-refractivity contribution in [3.05, 3.63) is 65.5 Å². The third-order valence-corrected chi connectivity index (χ3v) is 3.29. The summed E-state index contributed by atoms with van der Waals surface area (Å²) in [6.07, 6.45) is 0. The van der Waals surface area contributed by atoms with E-state index < -0.39 is 5.82 Å². The maximum atomic E-state index is 13.1. The van der Waals surface area contributed by atoms with Crippen molar-refractivity contribution in [2.45, 2.75) is 13.5 Å². The lowest BCUT2D eigenvalue weighted by Crippen LogP contribution is -2.41. The van der Waals surface area contributed by atoms with Crippen LogP contribution in [0.5, 0.6) is 0 Å². The molecule has 0 unspecified atom stereocenters. The highest BCUT2D eigenvalue weighted by atomic mass is 127. The van der Waals surface area contributed by atoms with Crippen molar-refractivity contribution in [2.24, 2.45) is 4.99 Å². The van der Waals surface area contributed by atoms with Crippen molar-refractivity contribution in [2.75, 3.05) is 18.9 Å². The van der Waals surface area contributed by atoms with E-state index in [-0.39, 0.29) is 36.4 Å². The highest BCUT2D eigenvalue weighted by Crippen LogP contribution is 2.08. The Kier molecular flexibility index (Phi) is 8.90. The first-order chi connectivity index (χ1) is 11.6. The third kappa shape index (κ3) is 7.51. The molecular weight excluding hydrogens is 434 g/mol.